The van der Waals surface area contributed by atoms with E-state index in [9.17, 15) is 0 Å². The third-order valence-corrected chi connectivity index (χ3v) is 18.2. The summed E-state index contributed by atoms with van der Waals surface area (Å²) in [6.07, 6.45) is 0. The average Bonchev–Trinajstić information content (AvgIpc) is 4.02. The van der Waals surface area contributed by atoms with Crippen molar-refractivity contribution in [3.8, 4) is 22.5 Å². The lowest BCUT2D eigenvalue weighted by Crippen LogP contribution is -2.74. The van der Waals surface area contributed by atoms with Crippen LogP contribution >= 0.6 is 0 Å². The van der Waals surface area contributed by atoms with Crippen LogP contribution in [0.1, 0.15) is 0 Å². The van der Waals surface area contributed by atoms with Gasteiger partial charge in [0, 0.05) is 43.7 Å². The molecule has 10 aromatic carbocycles. The molecule has 0 aliphatic heterocycles. The number of rotatable bonds is 7. The van der Waals surface area contributed by atoms with Gasteiger partial charge in [0.1, 0.15) is 11.2 Å². The van der Waals surface area contributed by atoms with Gasteiger partial charge in [-0.25, -0.2) is 0 Å². The molecule has 13 aromatic rings. The third-order valence-electron chi connectivity index (χ3n) is 13.5. The first-order chi connectivity index (χ1) is 31.7. The molecule has 3 heterocycles. The maximum atomic E-state index is 6.33. The van der Waals surface area contributed by atoms with Crippen LogP contribution < -0.4 is 20.7 Å². The minimum atomic E-state index is -2.75. The van der Waals surface area contributed by atoms with Crippen LogP contribution in [0.15, 0.2) is 247 Å². The summed E-state index contributed by atoms with van der Waals surface area (Å²) in [6.45, 7) is 0. The summed E-state index contributed by atoms with van der Waals surface area (Å²) in [7, 11) is -2.75. The third kappa shape index (κ3) is 5.46. The van der Waals surface area contributed by atoms with Crippen molar-refractivity contribution in [2.75, 3.05) is 0 Å². The maximum Gasteiger partial charge on any atom is 0.179 e. The lowest BCUT2D eigenvalue weighted by atomic mass is 10.0. The van der Waals surface area contributed by atoms with E-state index in [4.69, 9.17) is 4.42 Å². The Bertz CT molecular complexity index is 3800. The van der Waals surface area contributed by atoms with E-state index in [1.54, 1.807) is 0 Å². The summed E-state index contributed by atoms with van der Waals surface area (Å²) in [5.74, 6) is 0. The number of para-hydroxylation sites is 3. The van der Waals surface area contributed by atoms with Gasteiger partial charge in [0.25, 0.3) is 0 Å². The van der Waals surface area contributed by atoms with Crippen LogP contribution in [0, 0.1) is 0 Å². The quantitative estimate of drug-likeness (QED) is 0.116. The Balaban J connectivity index is 1.00. The Labute approximate surface area is 371 Å². The molecule has 3 aromatic heterocycles. The molecule has 0 unspecified atom stereocenters. The molecular weight excluding hydrogens is 793 g/mol. The van der Waals surface area contributed by atoms with E-state index in [0.29, 0.717) is 0 Å². The molecule has 0 amide bonds. The first-order valence-corrected chi connectivity index (χ1v) is 24.0. The zero-order chi connectivity index (χ0) is 42.2. The molecular formula is C60H40N2OSi. The molecule has 300 valence electrons. The zero-order valence-corrected chi connectivity index (χ0v) is 35.9. The fourth-order valence-electron chi connectivity index (χ4n) is 10.7. The van der Waals surface area contributed by atoms with Gasteiger partial charge >= 0.3 is 0 Å². The number of aromatic nitrogens is 2. The number of fused-ring (bicyclic) bond motifs is 9. The van der Waals surface area contributed by atoms with Crippen LogP contribution in [0.25, 0.3) is 88.1 Å². The fourth-order valence-corrected chi connectivity index (χ4v) is 15.4. The highest BCUT2D eigenvalue weighted by Gasteiger charge is 2.41. The molecule has 64 heavy (non-hydrogen) atoms. The lowest BCUT2D eigenvalue weighted by Gasteiger charge is -2.34. The van der Waals surface area contributed by atoms with Gasteiger partial charge in [0.2, 0.25) is 0 Å². The summed E-state index contributed by atoms with van der Waals surface area (Å²) in [4.78, 5) is 0. The van der Waals surface area contributed by atoms with Gasteiger partial charge in [-0.2, -0.15) is 0 Å². The van der Waals surface area contributed by atoms with Crippen molar-refractivity contribution >= 4 is 94.4 Å². The largest absolute Gasteiger partial charge is 0.456 e. The van der Waals surface area contributed by atoms with E-state index in [1.807, 2.05) is 12.1 Å². The molecule has 0 aliphatic carbocycles. The van der Waals surface area contributed by atoms with Gasteiger partial charge in [0.05, 0.1) is 22.1 Å². The van der Waals surface area contributed by atoms with Crippen molar-refractivity contribution in [1.82, 2.24) is 9.13 Å². The highest BCUT2D eigenvalue weighted by Crippen LogP contribution is 2.39. The smallest absolute Gasteiger partial charge is 0.179 e. The minimum absolute atomic E-state index is 0.903. The Hall–Kier alpha value is -8.18. The molecule has 4 heteroatoms. The molecule has 0 spiro atoms. The molecule has 0 fully saturated rings. The zero-order valence-electron chi connectivity index (χ0n) is 34.9. The van der Waals surface area contributed by atoms with Crippen LogP contribution in [-0.2, 0) is 0 Å². The van der Waals surface area contributed by atoms with Crippen LogP contribution in [0.2, 0.25) is 0 Å². The van der Waals surface area contributed by atoms with Gasteiger partial charge in [-0.1, -0.05) is 176 Å². The van der Waals surface area contributed by atoms with Crippen molar-refractivity contribution in [2.24, 2.45) is 0 Å². The van der Waals surface area contributed by atoms with Crippen molar-refractivity contribution in [3.63, 3.8) is 0 Å². The number of benzene rings is 10. The predicted octanol–water partition coefficient (Wildman–Crippen LogP) is 12.8. The van der Waals surface area contributed by atoms with Crippen molar-refractivity contribution in [3.05, 3.63) is 243 Å². The van der Waals surface area contributed by atoms with Gasteiger partial charge in [-0.15, -0.1) is 0 Å². The Morgan fingerprint density at radius 1 is 0.266 bits per heavy atom. The summed E-state index contributed by atoms with van der Waals surface area (Å²) in [5, 5.41) is 12.6. The molecule has 0 saturated heterocycles. The van der Waals surface area contributed by atoms with E-state index in [1.165, 1.54) is 64.4 Å². The molecule has 0 N–H and O–H groups in total. The van der Waals surface area contributed by atoms with Gasteiger partial charge in [-0.3, -0.25) is 0 Å². The number of hydrogen-bond donors (Lipinski definition) is 0. The van der Waals surface area contributed by atoms with Gasteiger partial charge in [-0.05, 0) is 98.6 Å². The SMILES string of the molecule is c1ccc([Si](c2ccccc2)(c2ccccc2)c2cccc(-n3c4ccccc4c4cc(-n5c6ccccc6c6ccc(-c7ccc8c(c7)oc7ccccc78)cc65)ccc43)c2)cc1. The van der Waals surface area contributed by atoms with Crippen LogP contribution in [0.5, 0.6) is 0 Å². The summed E-state index contributed by atoms with van der Waals surface area (Å²) >= 11 is 0. The highest BCUT2D eigenvalue weighted by molar-refractivity contribution is 7.19. The monoisotopic (exact) mass is 832 g/mol. The Morgan fingerprint density at radius 3 is 1.41 bits per heavy atom. The standard InChI is InChI=1S/C60H40N2OSi/c1-4-18-45(19-5-1)64(46-20-6-2-7-21-46,47-22-8-3-9-23-47)48-24-16-17-43(39-48)61-56-29-14-11-26-50(56)54-40-44(33-36-57(54)61)62-55-28-13-10-25-49(55)51-34-31-41(37-58(51)62)42-32-35-53-52-27-12-15-30-59(52)63-60(53)38-42/h1-40H. The van der Waals surface area contributed by atoms with Crippen molar-refractivity contribution in [1.29, 1.82) is 0 Å². The molecule has 3 nitrogen and oxygen atoms in total. The minimum Gasteiger partial charge on any atom is -0.456 e. The first-order valence-electron chi connectivity index (χ1n) is 22.0. The van der Waals surface area contributed by atoms with E-state index in [-0.39, 0.29) is 0 Å². The summed E-state index contributed by atoms with van der Waals surface area (Å²) in [5.41, 5.74) is 11.1. The molecule has 0 aliphatic rings. The van der Waals surface area contributed by atoms with E-state index < -0.39 is 8.07 Å². The normalized spacial score (nSPS) is 12.1. The molecule has 0 atom stereocenters. The number of nitrogens with zero attached hydrogens (tertiary/aromatic N) is 2. The second-order valence-electron chi connectivity index (χ2n) is 16.8. The van der Waals surface area contributed by atoms with Crippen LogP contribution in [0.3, 0.4) is 0 Å². The first kappa shape index (κ1) is 36.5. The maximum absolute atomic E-state index is 6.33. The topological polar surface area (TPSA) is 23.0 Å². The molecule has 13 rings (SSSR count). The fraction of sp³-hybridized carbons (Fsp3) is 0. The van der Waals surface area contributed by atoms with E-state index in [0.717, 1.165) is 44.4 Å². The highest BCUT2D eigenvalue weighted by atomic mass is 28.3. The molecule has 0 saturated carbocycles. The number of furan rings is 1. The summed E-state index contributed by atoms with van der Waals surface area (Å²) in [6, 6.07) is 89.3. The van der Waals surface area contributed by atoms with Crippen LogP contribution in [0.4, 0.5) is 0 Å². The van der Waals surface area contributed by atoms with Gasteiger partial charge in [0.15, 0.2) is 8.07 Å². The van der Waals surface area contributed by atoms with E-state index >= 15 is 0 Å². The second kappa shape index (κ2) is 14.5. The number of hydrogen-bond acceptors (Lipinski definition) is 1. The Morgan fingerprint density at radius 2 is 0.734 bits per heavy atom. The molecule has 0 bridgehead atoms. The van der Waals surface area contributed by atoms with Crippen LogP contribution in [-0.4, -0.2) is 17.2 Å². The predicted molar refractivity (Wildman–Crippen MR) is 271 cm³/mol. The second-order valence-corrected chi connectivity index (χ2v) is 20.7. The Kier molecular flexibility index (Phi) is 8.23. The van der Waals surface area contributed by atoms with E-state index in [2.05, 4.69) is 240 Å². The molecule has 0 radical (unpaired) electrons. The lowest BCUT2D eigenvalue weighted by molar-refractivity contribution is 0.669. The summed E-state index contributed by atoms with van der Waals surface area (Å²) < 4.78 is 11.2. The average molecular weight is 833 g/mol. The van der Waals surface area contributed by atoms with Crippen molar-refractivity contribution in [2.45, 2.75) is 0 Å². The van der Waals surface area contributed by atoms with Gasteiger partial charge < -0.3 is 13.6 Å². The van der Waals surface area contributed by atoms with Crippen molar-refractivity contribution < 1.29 is 4.42 Å².